The lowest BCUT2D eigenvalue weighted by atomic mass is 9.93. The average molecular weight is 240 g/mol. The maximum Gasteiger partial charge on any atom is 0.151 e. The summed E-state index contributed by atoms with van der Waals surface area (Å²) in [7, 11) is 4.21. The topological polar surface area (TPSA) is 23.6 Å². The summed E-state index contributed by atoms with van der Waals surface area (Å²) in [6.07, 6.45) is 4.17. The van der Waals surface area contributed by atoms with E-state index in [2.05, 4.69) is 37.7 Å². The second-order valence-corrected chi connectivity index (χ2v) is 5.47. The second-order valence-electron chi connectivity index (χ2n) is 5.47. The van der Waals surface area contributed by atoms with Crippen LogP contribution in [0.2, 0.25) is 0 Å². The zero-order valence-electron chi connectivity index (χ0n) is 11.9. The summed E-state index contributed by atoms with van der Waals surface area (Å²) >= 11 is 0. The lowest BCUT2D eigenvalue weighted by Crippen LogP contribution is -2.44. The van der Waals surface area contributed by atoms with Crippen molar-refractivity contribution in [1.29, 1.82) is 0 Å². The Kier molecular flexibility index (Phi) is 6.14. The molecular weight excluding hydrogens is 212 g/mol. The third kappa shape index (κ3) is 4.40. The molecule has 0 spiro atoms. The number of carbonyl (C=O) groups excluding carboxylic acids is 1. The predicted octanol–water partition coefficient (Wildman–Crippen LogP) is 2.02. The summed E-state index contributed by atoms with van der Waals surface area (Å²) in [5.74, 6) is 1.01. The molecule has 0 aromatic carbocycles. The molecule has 0 amide bonds. The monoisotopic (exact) mass is 240 g/mol. The van der Waals surface area contributed by atoms with E-state index < -0.39 is 0 Å². The minimum atomic E-state index is 0.114. The van der Waals surface area contributed by atoms with Crippen molar-refractivity contribution >= 4 is 5.78 Å². The molecular formula is C14H28N2O. The summed E-state index contributed by atoms with van der Waals surface area (Å²) in [5, 5.41) is 0. The number of nitrogens with zero attached hydrogens (tertiary/aromatic N) is 2. The fourth-order valence-electron chi connectivity index (χ4n) is 2.62. The molecule has 17 heavy (non-hydrogen) atoms. The number of rotatable bonds is 5. The van der Waals surface area contributed by atoms with Gasteiger partial charge >= 0.3 is 0 Å². The molecule has 1 aliphatic heterocycles. The van der Waals surface area contributed by atoms with Gasteiger partial charge in [-0.05, 0) is 39.5 Å². The molecule has 0 aromatic heterocycles. The van der Waals surface area contributed by atoms with Crippen LogP contribution in [-0.4, -0.2) is 55.4 Å². The van der Waals surface area contributed by atoms with E-state index in [1.54, 1.807) is 0 Å². The third-order valence-corrected chi connectivity index (χ3v) is 4.08. The smallest absolute Gasteiger partial charge is 0.151 e. The minimum Gasteiger partial charge on any atom is -0.304 e. The van der Waals surface area contributed by atoms with Gasteiger partial charge in [-0.15, -0.1) is 0 Å². The van der Waals surface area contributed by atoms with E-state index in [-0.39, 0.29) is 6.04 Å². The molecule has 0 radical (unpaired) electrons. The number of carbonyl (C=O) groups is 1. The van der Waals surface area contributed by atoms with Crippen LogP contribution in [0, 0.1) is 5.92 Å². The van der Waals surface area contributed by atoms with Crippen molar-refractivity contribution in [1.82, 2.24) is 9.80 Å². The number of likely N-dealkylation sites (N-methyl/N-ethyl adjacent to an activating group) is 2. The molecule has 0 aromatic rings. The first kappa shape index (κ1) is 14.7. The van der Waals surface area contributed by atoms with Gasteiger partial charge < -0.3 is 4.90 Å². The van der Waals surface area contributed by atoms with Crippen LogP contribution in [0.25, 0.3) is 0 Å². The zero-order chi connectivity index (χ0) is 12.8. The first-order valence-corrected chi connectivity index (χ1v) is 6.99. The molecule has 0 aliphatic carbocycles. The Hall–Kier alpha value is -0.410. The normalized spacial score (nSPS) is 23.9. The lowest BCUT2D eigenvalue weighted by molar-refractivity contribution is -0.125. The maximum absolute atomic E-state index is 12.4. The number of hydrogen-bond acceptors (Lipinski definition) is 3. The van der Waals surface area contributed by atoms with Crippen molar-refractivity contribution in [2.45, 2.75) is 45.6 Å². The summed E-state index contributed by atoms with van der Waals surface area (Å²) in [5.41, 5.74) is 0. The number of hydrogen-bond donors (Lipinski definition) is 0. The molecule has 1 aliphatic rings. The molecule has 1 fully saturated rings. The fourth-order valence-corrected chi connectivity index (χ4v) is 2.62. The third-order valence-electron chi connectivity index (χ3n) is 4.08. The largest absolute Gasteiger partial charge is 0.304 e. The Balaban J connectivity index is 2.58. The number of ketones is 1. The number of Topliss-reactive ketones (excluding diaryl/α,β-unsaturated/α-hetero) is 1. The molecule has 0 N–H and O–H groups in total. The SMILES string of the molecule is CCC(CC)CC(=O)C1CN(C)CCCN1C. The Morgan fingerprint density at radius 3 is 2.47 bits per heavy atom. The van der Waals surface area contributed by atoms with Crippen LogP contribution in [0.15, 0.2) is 0 Å². The zero-order valence-corrected chi connectivity index (χ0v) is 11.9. The summed E-state index contributed by atoms with van der Waals surface area (Å²) in [6, 6.07) is 0.114. The van der Waals surface area contributed by atoms with Crippen LogP contribution < -0.4 is 0 Å². The highest BCUT2D eigenvalue weighted by Crippen LogP contribution is 2.17. The minimum absolute atomic E-state index is 0.114. The summed E-state index contributed by atoms with van der Waals surface area (Å²) in [6.45, 7) is 7.42. The quantitative estimate of drug-likeness (QED) is 0.734. The standard InChI is InChI=1S/C14H28N2O/c1-5-12(6-2)10-14(17)13-11-15(3)8-7-9-16(13)4/h12-13H,5-11H2,1-4H3. The Bertz CT molecular complexity index is 238. The van der Waals surface area contributed by atoms with Gasteiger partial charge in [0.1, 0.15) is 0 Å². The van der Waals surface area contributed by atoms with E-state index in [0.29, 0.717) is 11.7 Å². The van der Waals surface area contributed by atoms with Gasteiger partial charge in [0.05, 0.1) is 6.04 Å². The van der Waals surface area contributed by atoms with E-state index in [4.69, 9.17) is 0 Å². The van der Waals surface area contributed by atoms with Crippen molar-refractivity contribution in [3.8, 4) is 0 Å². The van der Waals surface area contributed by atoms with Crippen LogP contribution >= 0.6 is 0 Å². The van der Waals surface area contributed by atoms with Crippen LogP contribution in [0.5, 0.6) is 0 Å². The Morgan fingerprint density at radius 2 is 1.88 bits per heavy atom. The summed E-state index contributed by atoms with van der Waals surface area (Å²) in [4.78, 5) is 16.9. The highest BCUT2D eigenvalue weighted by atomic mass is 16.1. The Labute approximate surface area is 106 Å². The first-order chi connectivity index (χ1) is 8.08. The van der Waals surface area contributed by atoms with Crippen LogP contribution in [0.4, 0.5) is 0 Å². The molecule has 1 atom stereocenters. The van der Waals surface area contributed by atoms with Gasteiger partial charge in [0, 0.05) is 13.0 Å². The van der Waals surface area contributed by atoms with E-state index in [0.717, 1.165) is 38.9 Å². The van der Waals surface area contributed by atoms with Gasteiger partial charge in [-0.1, -0.05) is 26.7 Å². The van der Waals surface area contributed by atoms with Gasteiger partial charge in [-0.25, -0.2) is 0 Å². The van der Waals surface area contributed by atoms with E-state index in [1.165, 1.54) is 6.42 Å². The summed E-state index contributed by atoms with van der Waals surface area (Å²) < 4.78 is 0. The molecule has 0 bridgehead atoms. The van der Waals surface area contributed by atoms with Crippen molar-refractivity contribution < 1.29 is 4.79 Å². The lowest BCUT2D eigenvalue weighted by Gasteiger charge is -2.27. The maximum atomic E-state index is 12.4. The molecule has 1 saturated heterocycles. The van der Waals surface area contributed by atoms with E-state index in [9.17, 15) is 4.79 Å². The van der Waals surface area contributed by atoms with Crippen LogP contribution in [0.3, 0.4) is 0 Å². The highest BCUT2D eigenvalue weighted by molar-refractivity contribution is 5.84. The average Bonchev–Trinajstić information content (AvgIpc) is 2.48. The highest BCUT2D eigenvalue weighted by Gasteiger charge is 2.27. The Morgan fingerprint density at radius 1 is 1.24 bits per heavy atom. The van der Waals surface area contributed by atoms with Gasteiger partial charge in [-0.2, -0.15) is 0 Å². The van der Waals surface area contributed by atoms with Crippen molar-refractivity contribution in [3.05, 3.63) is 0 Å². The van der Waals surface area contributed by atoms with Gasteiger partial charge in [0.15, 0.2) is 5.78 Å². The molecule has 3 heteroatoms. The first-order valence-electron chi connectivity index (χ1n) is 6.99. The van der Waals surface area contributed by atoms with Gasteiger partial charge in [0.25, 0.3) is 0 Å². The molecule has 1 rings (SSSR count). The van der Waals surface area contributed by atoms with Crippen LogP contribution in [-0.2, 0) is 4.79 Å². The molecule has 1 unspecified atom stereocenters. The van der Waals surface area contributed by atoms with Crippen LogP contribution in [0.1, 0.15) is 39.5 Å². The molecule has 0 saturated carbocycles. The molecule has 100 valence electrons. The van der Waals surface area contributed by atoms with Gasteiger partial charge in [-0.3, -0.25) is 9.69 Å². The van der Waals surface area contributed by atoms with Gasteiger partial charge in [0.2, 0.25) is 0 Å². The predicted molar refractivity (Wildman–Crippen MR) is 72.2 cm³/mol. The van der Waals surface area contributed by atoms with Crippen molar-refractivity contribution in [3.63, 3.8) is 0 Å². The molecule has 1 heterocycles. The van der Waals surface area contributed by atoms with Crippen molar-refractivity contribution in [2.24, 2.45) is 5.92 Å². The fraction of sp³-hybridized carbons (Fsp3) is 0.929. The van der Waals surface area contributed by atoms with Crippen molar-refractivity contribution in [2.75, 3.05) is 33.7 Å². The second kappa shape index (κ2) is 7.12. The van der Waals surface area contributed by atoms with E-state index >= 15 is 0 Å². The van der Waals surface area contributed by atoms with E-state index in [1.807, 2.05) is 0 Å². The molecule has 3 nitrogen and oxygen atoms in total.